The van der Waals surface area contributed by atoms with E-state index >= 15 is 0 Å². The molecule has 23 heavy (non-hydrogen) atoms. The van der Waals surface area contributed by atoms with Crippen LogP contribution >= 0.6 is 11.6 Å². The van der Waals surface area contributed by atoms with E-state index in [1.807, 2.05) is 43.3 Å². The molecule has 0 aliphatic heterocycles. The monoisotopic (exact) mass is 333 g/mol. The number of carbonyl (C=O) groups is 1. The number of rotatable bonds is 5. The molecule has 0 bridgehead atoms. The van der Waals surface area contributed by atoms with Gasteiger partial charge < -0.3 is 20.3 Å². The van der Waals surface area contributed by atoms with Crippen molar-refractivity contribution in [2.45, 2.75) is 6.54 Å². The van der Waals surface area contributed by atoms with Crippen LogP contribution < -0.4 is 20.3 Å². The lowest BCUT2D eigenvalue weighted by Gasteiger charge is -2.13. The van der Waals surface area contributed by atoms with E-state index in [9.17, 15) is 4.79 Å². The minimum Gasteiger partial charge on any atom is -0.495 e. The van der Waals surface area contributed by atoms with Gasteiger partial charge in [0.15, 0.2) is 0 Å². The lowest BCUT2D eigenvalue weighted by molar-refractivity contribution is 0.251. The Morgan fingerprint density at radius 1 is 1.17 bits per heavy atom. The number of amides is 2. The highest BCUT2D eigenvalue weighted by atomic mass is 35.5. The molecule has 122 valence electrons. The predicted octanol–water partition coefficient (Wildman–Crippen LogP) is 3.74. The molecule has 0 aliphatic rings. The Morgan fingerprint density at radius 3 is 2.43 bits per heavy atom. The molecule has 6 heteroatoms. The van der Waals surface area contributed by atoms with Crippen molar-refractivity contribution in [2.24, 2.45) is 0 Å². The third-order valence-corrected chi connectivity index (χ3v) is 3.61. The van der Waals surface area contributed by atoms with E-state index in [1.54, 1.807) is 25.3 Å². The van der Waals surface area contributed by atoms with Gasteiger partial charge in [-0.2, -0.15) is 0 Å². The van der Waals surface area contributed by atoms with Gasteiger partial charge in [-0.1, -0.05) is 23.7 Å². The second-order valence-corrected chi connectivity index (χ2v) is 5.63. The highest BCUT2D eigenvalue weighted by Crippen LogP contribution is 2.27. The predicted molar refractivity (Wildman–Crippen MR) is 94.6 cm³/mol. The Balaban J connectivity index is 1.88. The molecule has 2 aromatic carbocycles. The first-order chi connectivity index (χ1) is 11.0. The summed E-state index contributed by atoms with van der Waals surface area (Å²) in [5, 5.41) is 5.99. The first-order valence-electron chi connectivity index (χ1n) is 7.14. The number of carbonyl (C=O) groups excluding carboxylic acids is 1. The molecule has 0 radical (unpaired) electrons. The van der Waals surface area contributed by atoms with Gasteiger partial charge in [0.2, 0.25) is 0 Å². The van der Waals surface area contributed by atoms with E-state index in [-0.39, 0.29) is 6.03 Å². The molecule has 0 saturated carbocycles. The molecule has 0 atom stereocenters. The fourth-order valence-electron chi connectivity index (χ4n) is 2.01. The average molecular weight is 334 g/mol. The number of benzene rings is 2. The summed E-state index contributed by atoms with van der Waals surface area (Å²) >= 11 is 6.03. The zero-order chi connectivity index (χ0) is 16.8. The first-order valence-corrected chi connectivity index (χ1v) is 7.52. The summed E-state index contributed by atoms with van der Waals surface area (Å²) in [6, 6.07) is 12.8. The van der Waals surface area contributed by atoms with Gasteiger partial charge in [0, 0.05) is 32.0 Å². The van der Waals surface area contributed by atoms with Gasteiger partial charge in [0.25, 0.3) is 0 Å². The number of anilines is 2. The van der Waals surface area contributed by atoms with Crippen molar-refractivity contribution in [3.63, 3.8) is 0 Å². The minimum absolute atomic E-state index is 0.289. The van der Waals surface area contributed by atoms with Crippen LogP contribution in [0.25, 0.3) is 0 Å². The fraction of sp³-hybridized carbons (Fsp3) is 0.235. The number of urea groups is 1. The van der Waals surface area contributed by atoms with Gasteiger partial charge >= 0.3 is 6.03 Å². The Morgan fingerprint density at radius 2 is 1.87 bits per heavy atom. The van der Waals surface area contributed by atoms with Gasteiger partial charge in [-0.25, -0.2) is 4.79 Å². The van der Waals surface area contributed by atoms with Gasteiger partial charge in [-0.3, -0.25) is 0 Å². The largest absolute Gasteiger partial charge is 0.495 e. The summed E-state index contributed by atoms with van der Waals surface area (Å²) in [6.07, 6.45) is 0. The van der Waals surface area contributed by atoms with Crippen LogP contribution in [0, 0.1) is 0 Å². The molecular formula is C17H20ClN3O2. The molecule has 2 aromatic rings. The van der Waals surface area contributed by atoms with Crippen LogP contribution in [0.1, 0.15) is 5.56 Å². The van der Waals surface area contributed by atoms with Gasteiger partial charge in [0.1, 0.15) is 5.75 Å². The number of nitrogens with one attached hydrogen (secondary N) is 2. The smallest absolute Gasteiger partial charge is 0.319 e. The zero-order valence-electron chi connectivity index (χ0n) is 13.4. The zero-order valence-corrected chi connectivity index (χ0v) is 14.1. The van der Waals surface area contributed by atoms with Crippen molar-refractivity contribution >= 4 is 29.0 Å². The number of nitrogens with zero attached hydrogens (tertiary/aromatic N) is 1. The molecule has 0 aromatic heterocycles. The van der Waals surface area contributed by atoms with Gasteiger partial charge in [-0.05, 0) is 35.9 Å². The van der Waals surface area contributed by atoms with Crippen LogP contribution in [0.3, 0.4) is 0 Å². The number of hydrogen-bond acceptors (Lipinski definition) is 3. The van der Waals surface area contributed by atoms with Crippen LogP contribution in [0.4, 0.5) is 16.2 Å². The Bertz CT molecular complexity index is 672. The third kappa shape index (κ3) is 4.79. The molecule has 0 fully saturated rings. The summed E-state index contributed by atoms with van der Waals surface area (Å²) in [5.74, 6) is 0.568. The summed E-state index contributed by atoms with van der Waals surface area (Å²) < 4.78 is 5.07. The van der Waals surface area contributed by atoms with Crippen molar-refractivity contribution in [1.82, 2.24) is 5.32 Å². The molecule has 0 unspecified atom stereocenters. The van der Waals surface area contributed by atoms with Crippen molar-refractivity contribution in [3.8, 4) is 5.75 Å². The number of methoxy groups -OCH3 is 1. The number of halogens is 1. The second kappa shape index (κ2) is 7.74. The quantitative estimate of drug-likeness (QED) is 0.876. The molecule has 0 spiro atoms. The Hall–Kier alpha value is -2.40. The SMILES string of the molecule is COc1ccc(NC(=O)NCc2ccc(N(C)C)cc2)cc1Cl. The highest BCUT2D eigenvalue weighted by Gasteiger charge is 2.05. The summed E-state index contributed by atoms with van der Waals surface area (Å²) in [7, 11) is 5.52. The maximum atomic E-state index is 11.9. The lowest BCUT2D eigenvalue weighted by atomic mass is 10.2. The van der Waals surface area contributed by atoms with E-state index in [0.29, 0.717) is 23.0 Å². The normalized spacial score (nSPS) is 10.1. The molecule has 0 saturated heterocycles. The van der Waals surface area contributed by atoms with Crippen LogP contribution in [-0.4, -0.2) is 27.2 Å². The van der Waals surface area contributed by atoms with Gasteiger partial charge in [0.05, 0.1) is 12.1 Å². The first kappa shape index (κ1) is 17.0. The molecule has 2 amide bonds. The minimum atomic E-state index is -0.289. The van der Waals surface area contributed by atoms with Crippen LogP contribution in [-0.2, 0) is 6.54 Å². The van der Waals surface area contributed by atoms with E-state index in [2.05, 4.69) is 10.6 Å². The van der Waals surface area contributed by atoms with E-state index in [0.717, 1.165) is 11.3 Å². The van der Waals surface area contributed by atoms with Crippen LogP contribution in [0.5, 0.6) is 5.75 Å². The van der Waals surface area contributed by atoms with E-state index in [4.69, 9.17) is 16.3 Å². The molecule has 0 heterocycles. The molecule has 0 aliphatic carbocycles. The van der Waals surface area contributed by atoms with Crippen molar-refractivity contribution in [1.29, 1.82) is 0 Å². The van der Waals surface area contributed by atoms with E-state index < -0.39 is 0 Å². The van der Waals surface area contributed by atoms with Crippen LogP contribution in [0.2, 0.25) is 5.02 Å². The summed E-state index contributed by atoms with van der Waals surface area (Å²) in [5.41, 5.74) is 2.75. The number of ether oxygens (including phenoxy) is 1. The molecular weight excluding hydrogens is 314 g/mol. The second-order valence-electron chi connectivity index (χ2n) is 5.22. The Labute approximate surface area is 141 Å². The lowest BCUT2D eigenvalue weighted by Crippen LogP contribution is -2.28. The highest BCUT2D eigenvalue weighted by molar-refractivity contribution is 6.32. The Kier molecular flexibility index (Phi) is 5.71. The van der Waals surface area contributed by atoms with E-state index in [1.165, 1.54) is 0 Å². The standard InChI is InChI=1S/C17H20ClN3O2/c1-21(2)14-7-4-12(5-8-14)11-19-17(22)20-13-6-9-16(23-3)15(18)10-13/h4-10H,11H2,1-3H3,(H2,19,20,22). The topological polar surface area (TPSA) is 53.6 Å². The molecule has 5 nitrogen and oxygen atoms in total. The summed E-state index contributed by atoms with van der Waals surface area (Å²) in [4.78, 5) is 13.9. The maximum Gasteiger partial charge on any atom is 0.319 e. The average Bonchev–Trinajstić information content (AvgIpc) is 2.53. The number of hydrogen-bond donors (Lipinski definition) is 2. The van der Waals surface area contributed by atoms with Crippen molar-refractivity contribution < 1.29 is 9.53 Å². The van der Waals surface area contributed by atoms with Crippen molar-refractivity contribution in [2.75, 3.05) is 31.4 Å². The maximum absolute atomic E-state index is 11.9. The summed E-state index contributed by atoms with van der Waals surface area (Å²) in [6.45, 7) is 0.448. The van der Waals surface area contributed by atoms with Gasteiger partial charge in [-0.15, -0.1) is 0 Å². The molecule has 2 rings (SSSR count). The van der Waals surface area contributed by atoms with Crippen molar-refractivity contribution in [3.05, 3.63) is 53.1 Å². The van der Waals surface area contributed by atoms with Crippen LogP contribution in [0.15, 0.2) is 42.5 Å². The third-order valence-electron chi connectivity index (χ3n) is 3.32. The molecule has 2 N–H and O–H groups in total. The fourth-order valence-corrected chi connectivity index (χ4v) is 2.27.